The fourth-order valence-corrected chi connectivity index (χ4v) is 3.96. The van der Waals surface area contributed by atoms with Gasteiger partial charge in [0.2, 0.25) is 0 Å². The maximum Gasteiger partial charge on any atom is 0.412 e. The summed E-state index contributed by atoms with van der Waals surface area (Å²) in [5.74, 6) is 1.04. The van der Waals surface area contributed by atoms with Crippen LogP contribution in [0.5, 0.6) is 0 Å². The molecule has 0 fully saturated rings. The van der Waals surface area contributed by atoms with Crippen LogP contribution < -0.4 is 4.90 Å². The van der Waals surface area contributed by atoms with E-state index in [1.54, 1.807) is 0 Å². The lowest BCUT2D eigenvalue weighted by atomic mass is 9.96. The number of amides is 1. The predicted octanol–water partition coefficient (Wildman–Crippen LogP) is 4.18. The van der Waals surface area contributed by atoms with Gasteiger partial charge in [0.25, 0.3) is 0 Å². The molecule has 1 aliphatic rings. The van der Waals surface area contributed by atoms with Crippen molar-refractivity contribution in [2.45, 2.75) is 38.6 Å². The van der Waals surface area contributed by atoms with Crippen molar-refractivity contribution in [2.24, 2.45) is 7.05 Å². The van der Waals surface area contributed by atoms with Gasteiger partial charge in [0.15, 0.2) is 0 Å². The van der Waals surface area contributed by atoms with Gasteiger partial charge in [0.05, 0.1) is 16.7 Å². The Morgan fingerprint density at radius 1 is 1.19 bits per heavy atom. The predicted molar refractivity (Wildman–Crippen MR) is 103 cm³/mol. The zero-order valence-electron chi connectivity index (χ0n) is 15.1. The summed E-state index contributed by atoms with van der Waals surface area (Å²) in [6.07, 6.45) is 2.61. The average Bonchev–Trinajstić information content (AvgIpc) is 2.96. The Bertz CT molecular complexity index is 962. The van der Waals surface area contributed by atoms with E-state index < -0.39 is 6.09 Å². The third-order valence-corrected chi connectivity index (χ3v) is 5.42. The molecule has 5 nitrogen and oxygen atoms in total. The molecule has 0 saturated heterocycles. The molecule has 1 aliphatic heterocycles. The highest BCUT2D eigenvalue weighted by molar-refractivity contribution is 5.94. The number of aryl methyl sites for hydroxylation is 4. The van der Waals surface area contributed by atoms with Crippen LogP contribution >= 0.6 is 0 Å². The summed E-state index contributed by atoms with van der Waals surface area (Å²) in [7, 11) is 2.04. The summed E-state index contributed by atoms with van der Waals surface area (Å²) in [4.78, 5) is 18.1. The Kier molecular flexibility index (Phi) is 4.15. The van der Waals surface area contributed by atoms with Gasteiger partial charge in [0, 0.05) is 25.1 Å². The van der Waals surface area contributed by atoms with Crippen molar-refractivity contribution in [2.75, 3.05) is 4.90 Å². The SMILES string of the molecule is C[C@H]1CCc2c(ccc3c2nc(CCc2ccccc2)n3C)N1C(=O)O. The largest absolute Gasteiger partial charge is 0.465 e. The molecule has 134 valence electrons. The molecule has 5 heteroatoms. The van der Waals surface area contributed by atoms with E-state index in [-0.39, 0.29) is 6.04 Å². The topological polar surface area (TPSA) is 58.4 Å². The fraction of sp³-hybridized carbons (Fsp3) is 0.333. The number of aromatic nitrogens is 2. The van der Waals surface area contributed by atoms with Crippen molar-refractivity contribution in [1.29, 1.82) is 0 Å². The van der Waals surface area contributed by atoms with Crippen LogP contribution in [-0.2, 0) is 26.3 Å². The molecule has 1 N–H and O–H groups in total. The van der Waals surface area contributed by atoms with Crippen molar-refractivity contribution >= 4 is 22.8 Å². The molecule has 0 bridgehead atoms. The smallest absolute Gasteiger partial charge is 0.412 e. The molecule has 26 heavy (non-hydrogen) atoms. The van der Waals surface area contributed by atoms with Crippen molar-refractivity contribution in [1.82, 2.24) is 9.55 Å². The lowest BCUT2D eigenvalue weighted by Crippen LogP contribution is -2.41. The normalized spacial score (nSPS) is 16.7. The molecule has 2 aromatic carbocycles. The molecular weight excluding hydrogens is 326 g/mol. The molecular formula is C21H23N3O2. The van der Waals surface area contributed by atoms with Crippen LogP contribution in [0.3, 0.4) is 0 Å². The van der Waals surface area contributed by atoms with E-state index in [2.05, 4.69) is 28.8 Å². The van der Waals surface area contributed by atoms with Crippen LogP contribution in [0, 0.1) is 0 Å². The van der Waals surface area contributed by atoms with E-state index in [9.17, 15) is 9.90 Å². The highest BCUT2D eigenvalue weighted by Crippen LogP contribution is 2.36. The minimum Gasteiger partial charge on any atom is -0.465 e. The van der Waals surface area contributed by atoms with E-state index >= 15 is 0 Å². The van der Waals surface area contributed by atoms with E-state index in [1.165, 1.54) is 10.5 Å². The van der Waals surface area contributed by atoms with Crippen molar-refractivity contribution < 1.29 is 9.90 Å². The molecule has 0 radical (unpaired) electrons. The molecule has 1 aromatic heterocycles. The second-order valence-electron chi connectivity index (χ2n) is 7.04. The van der Waals surface area contributed by atoms with Crippen LogP contribution in [-0.4, -0.2) is 26.8 Å². The molecule has 3 aromatic rings. The summed E-state index contributed by atoms with van der Waals surface area (Å²) in [6.45, 7) is 1.96. The number of benzene rings is 2. The zero-order chi connectivity index (χ0) is 18.3. The first-order chi connectivity index (χ1) is 12.6. The maximum atomic E-state index is 11.7. The van der Waals surface area contributed by atoms with E-state index in [4.69, 9.17) is 4.98 Å². The van der Waals surface area contributed by atoms with Gasteiger partial charge in [-0.2, -0.15) is 0 Å². The molecule has 0 spiro atoms. The first kappa shape index (κ1) is 16.6. The molecule has 0 saturated carbocycles. The monoisotopic (exact) mass is 349 g/mol. The zero-order valence-corrected chi connectivity index (χ0v) is 15.1. The number of hydrogen-bond donors (Lipinski definition) is 1. The van der Waals surface area contributed by atoms with Gasteiger partial charge in [-0.25, -0.2) is 9.78 Å². The lowest BCUT2D eigenvalue weighted by Gasteiger charge is -2.33. The standard InChI is InChI=1S/C21H23N3O2/c1-14-8-10-16-17(24(14)21(25)26)11-12-18-20(16)22-19(23(18)2)13-9-15-6-4-3-5-7-15/h3-7,11-12,14H,8-10,13H2,1-2H3,(H,25,26)/t14-/m0/s1. The van der Waals surface area contributed by atoms with Gasteiger partial charge in [-0.15, -0.1) is 0 Å². The van der Waals surface area contributed by atoms with Crippen molar-refractivity contribution in [3.8, 4) is 0 Å². The number of carbonyl (C=O) groups is 1. The van der Waals surface area contributed by atoms with E-state index in [1.807, 2.05) is 32.2 Å². The molecule has 0 unspecified atom stereocenters. The molecule has 1 atom stereocenters. The van der Waals surface area contributed by atoms with Crippen LogP contribution in [0.2, 0.25) is 0 Å². The second-order valence-corrected chi connectivity index (χ2v) is 7.04. The van der Waals surface area contributed by atoms with E-state index in [0.717, 1.165) is 53.8 Å². The Hall–Kier alpha value is -2.82. The molecule has 4 rings (SSSR count). The van der Waals surface area contributed by atoms with Gasteiger partial charge in [0.1, 0.15) is 5.82 Å². The fourth-order valence-electron chi connectivity index (χ4n) is 3.96. The van der Waals surface area contributed by atoms with Gasteiger partial charge in [-0.05, 0) is 43.9 Å². The quantitative estimate of drug-likeness (QED) is 0.772. The second kappa shape index (κ2) is 6.48. The highest BCUT2D eigenvalue weighted by atomic mass is 16.4. The van der Waals surface area contributed by atoms with E-state index in [0.29, 0.717) is 0 Å². The van der Waals surface area contributed by atoms with Crippen LogP contribution in [0.25, 0.3) is 11.0 Å². The number of rotatable bonds is 3. The maximum absolute atomic E-state index is 11.7. The summed E-state index contributed by atoms with van der Waals surface area (Å²) >= 11 is 0. The third-order valence-electron chi connectivity index (χ3n) is 5.42. The molecule has 0 aliphatic carbocycles. The number of imidazole rings is 1. The summed E-state index contributed by atoms with van der Waals surface area (Å²) in [6, 6.07) is 14.3. The van der Waals surface area contributed by atoms with Crippen LogP contribution in [0.15, 0.2) is 42.5 Å². The Morgan fingerprint density at radius 2 is 1.96 bits per heavy atom. The van der Waals surface area contributed by atoms with Crippen LogP contribution in [0.4, 0.5) is 10.5 Å². The molecule has 1 amide bonds. The Morgan fingerprint density at radius 3 is 2.69 bits per heavy atom. The number of anilines is 1. The van der Waals surface area contributed by atoms with Crippen molar-refractivity contribution in [3.63, 3.8) is 0 Å². The lowest BCUT2D eigenvalue weighted by molar-refractivity contribution is 0.198. The molecule has 2 heterocycles. The van der Waals surface area contributed by atoms with Crippen molar-refractivity contribution in [3.05, 3.63) is 59.4 Å². The number of hydrogen-bond acceptors (Lipinski definition) is 2. The van der Waals surface area contributed by atoms with Crippen LogP contribution in [0.1, 0.15) is 30.3 Å². The number of fused-ring (bicyclic) bond motifs is 3. The summed E-state index contributed by atoms with van der Waals surface area (Å²) in [5, 5.41) is 9.60. The first-order valence-electron chi connectivity index (χ1n) is 9.09. The van der Waals surface area contributed by atoms with Gasteiger partial charge >= 0.3 is 6.09 Å². The van der Waals surface area contributed by atoms with Gasteiger partial charge < -0.3 is 9.67 Å². The summed E-state index contributed by atoms with van der Waals surface area (Å²) in [5.41, 5.74) is 5.17. The number of nitrogens with zero attached hydrogens (tertiary/aromatic N) is 3. The first-order valence-corrected chi connectivity index (χ1v) is 9.09. The highest BCUT2D eigenvalue weighted by Gasteiger charge is 2.30. The van der Waals surface area contributed by atoms with Gasteiger partial charge in [-0.1, -0.05) is 30.3 Å². The Balaban J connectivity index is 1.72. The van der Waals surface area contributed by atoms with Gasteiger partial charge in [-0.3, -0.25) is 4.90 Å². The summed E-state index contributed by atoms with van der Waals surface area (Å²) < 4.78 is 2.14. The number of carboxylic acid groups (broad SMARTS) is 1. The Labute approximate surface area is 152 Å². The minimum atomic E-state index is -0.891. The third kappa shape index (κ3) is 2.73. The minimum absolute atomic E-state index is 0.00119. The average molecular weight is 349 g/mol.